The summed E-state index contributed by atoms with van der Waals surface area (Å²) in [7, 11) is 0. The summed E-state index contributed by atoms with van der Waals surface area (Å²) in [4.78, 5) is 13.7. The molecule has 14 heavy (non-hydrogen) atoms. The molecule has 2 saturated heterocycles. The van der Waals surface area contributed by atoms with Crippen LogP contribution in [0.3, 0.4) is 0 Å². The summed E-state index contributed by atoms with van der Waals surface area (Å²) >= 11 is 0. The molecule has 0 aliphatic carbocycles. The van der Waals surface area contributed by atoms with Crippen LogP contribution < -0.4 is 0 Å². The van der Waals surface area contributed by atoms with E-state index in [1.807, 2.05) is 18.7 Å². The van der Waals surface area contributed by atoms with Gasteiger partial charge >= 0.3 is 0 Å². The summed E-state index contributed by atoms with van der Waals surface area (Å²) in [5.74, 6) is 0.446. The van der Waals surface area contributed by atoms with E-state index in [1.54, 1.807) is 0 Å². The molecule has 2 heterocycles. The molecular formula is C11H19NO2. The second-order valence-corrected chi connectivity index (χ2v) is 4.97. The van der Waals surface area contributed by atoms with Crippen LogP contribution in [0, 0.1) is 11.3 Å². The molecule has 1 amide bonds. The van der Waals surface area contributed by atoms with E-state index < -0.39 is 0 Å². The molecule has 0 aromatic carbocycles. The third kappa shape index (κ3) is 1.65. The van der Waals surface area contributed by atoms with Gasteiger partial charge in [0.2, 0.25) is 5.91 Å². The van der Waals surface area contributed by atoms with Crippen molar-refractivity contribution in [3.63, 3.8) is 0 Å². The quantitative estimate of drug-likeness (QED) is 0.633. The minimum absolute atomic E-state index is 0.140. The number of nitrogens with zero attached hydrogens (tertiary/aromatic N) is 1. The molecule has 80 valence electrons. The Kier molecular flexibility index (Phi) is 2.52. The highest BCUT2D eigenvalue weighted by Crippen LogP contribution is 2.38. The molecule has 0 bridgehead atoms. The molecule has 2 rings (SSSR count). The SMILES string of the molecule is CC(C)C(=O)N1CCC2(CC1)COC2. The average molecular weight is 197 g/mol. The minimum Gasteiger partial charge on any atom is -0.380 e. The number of amides is 1. The Hall–Kier alpha value is -0.570. The number of carbonyl (C=O) groups excluding carboxylic acids is 1. The first-order valence-corrected chi connectivity index (χ1v) is 5.50. The van der Waals surface area contributed by atoms with Gasteiger partial charge in [-0.2, -0.15) is 0 Å². The van der Waals surface area contributed by atoms with Gasteiger partial charge in [0.1, 0.15) is 0 Å². The summed E-state index contributed by atoms with van der Waals surface area (Å²) in [5, 5.41) is 0. The molecule has 0 saturated carbocycles. The number of piperidine rings is 1. The average Bonchev–Trinajstić information content (AvgIpc) is 2.14. The van der Waals surface area contributed by atoms with Gasteiger partial charge in [0.05, 0.1) is 13.2 Å². The Morgan fingerprint density at radius 1 is 1.29 bits per heavy atom. The third-order valence-corrected chi connectivity index (χ3v) is 3.45. The number of hydrogen-bond donors (Lipinski definition) is 0. The molecule has 2 aliphatic rings. The monoisotopic (exact) mass is 197 g/mol. The molecular weight excluding hydrogens is 178 g/mol. The topological polar surface area (TPSA) is 29.5 Å². The molecule has 2 fully saturated rings. The van der Waals surface area contributed by atoms with Crippen LogP contribution in [0.2, 0.25) is 0 Å². The predicted octanol–water partition coefficient (Wildman–Crippen LogP) is 1.28. The molecule has 0 radical (unpaired) electrons. The largest absolute Gasteiger partial charge is 0.380 e. The number of hydrogen-bond acceptors (Lipinski definition) is 2. The van der Waals surface area contributed by atoms with E-state index in [-0.39, 0.29) is 5.92 Å². The van der Waals surface area contributed by atoms with E-state index in [2.05, 4.69) is 0 Å². The molecule has 3 heteroatoms. The van der Waals surface area contributed by atoms with Gasteiger partial charge in [-0.05, 0) is 12.8 Å². The molecule has 0 aromatic rings. The van der Waals surface area contributed by atoms with Gasteiger partial charge in [0.15, 0.2) is 0 Å². The zero-order valence-electron chi connectivity index (χ0n) is 9.08. The van der Waals surface area contributed by atoms with Crippen LogP contribution in [-0.2, 0) is 9.53 Å². The normalized spacial score (nSPS) is 25.2. The highest BCUT2D eigenvalue weighted by Gasteiger charge is 2.42. The molecule has 2 aliphatic heterocycles. The van der Waals surface area contributed by atoms with E-state index in [4.69, 9.17) is 4.74 Å². The second kappa shape index (κ2) is 3.54. The van der Waals surface area contributed by atoms with Gasteiger partial charge in [-0.25, -0.2) is 0 Å². The summed E-state index contributed by atoms with van der Waals surface area (Å²) in [6.07, 6.45) is 2.26. The van der Waals surface area contributed by atoms with Crippen LogP contribution in [0.4, 0.5) is 0 Å². The number of ether oxygens (including phenoxy) is 1. The fourth-order valence-corrected chi connectivity index (χ4v) is 2.25. The van der Waals surface area contributed by atoms with E-state index >= 15 is 0 Å². The maximum atomic E-state index is 11.7. The zero-order chi connectivity index (χ0) is 10.2. The van der Waals surface area contributed by atoms with E-state index in [9.17, 15) is 4.79 Å². The van der Waals surface area contributed by atoms with Crippen LogP contribution >= 0.6 is 0 Å². The Bertz CT molecular complexity index is 223. The maximum absolute atomic E-state index is 11.7. The lowest BCUT2D eigenvalue weighted by Gasteiger charge is -2.47. The van der Waals surface area contributed by atoms with Crippen molar-refractivity contribution in [2.24, 2.45) is 11.3 Å². The van der Waals surface area contributed by atoms with Gasteiger partial charge in [-0.3, -0.25) is 4.79 Å². The van der Waals surface area contributed by atoms with Crippen molar-refractivity contribution in [3.05, 3.63) is 0 Å². The van der Waals surface area contributed by atoms with Crippen LogP contribution in [0.5, 0.6) is 0 Å². The number of rotatable bonds is 1. The highest BCUT2D eigenvalue weighted by molar-refractivity contribution is 5.78. The first-order valence-electron chi connectivity index (χ1n) is 5.50. The molecule has 0 N–H and O–H groups in total. The van der Waals surface area contributed by atoms with Crippen LogP contribution in [0.1, 0.15) is 26.7 Å². The molecule has 0 unspecified atom stereocenters. The standard InChI is InChI=1S/C11H19NO2/c1-9(2)10(13)12-5-3-11(4-6-12)7-14-8-11/h9H,3-8H2,1-2H3. The van der Waals surface area contributed by atoms with Gasteiger partial charge < -0.3 is 9.64 Å². The Morgan fingerprint density at radius 3 is 2.21 bits per heavy atom. The van der Waals surface area contributed by atoms with Crippen molar-refractivity contribution < 1.29 is 9.53 Å². The van der Waals surface area contributed by atoms with Crippen molar-refractivity contribution in [3.8, 4) is 0 Å². The number of likely N-dealkylation sites (tertiary alicyclic amines) is 1. The van der Waals surface area contributed by atoms with Gasteiger partial charge in [0, 0.05) is 24.4 Å². The molecule has 1 spiro atoms. The molecule has 0 aromatic heterocycles. The highest BCUT2D eigenvalue weighted by atomic mass is 16.5. The Balaban J connectivity index is 1.86. The predicted molar refractivity (Wildman–Crippen MR) is 53.9 cm³/mol. The summed E-state index contributed by atoms with van der Waals surface area (Å²) in [5.41, 5.74) is 0.438. The fourth-order valence-electron chi connectivity index (χ4n) is 2.25. The Labute approximate surface area is 85.4 Å². The van der Waals surface area contributed by atoms with E-state index in [0.717, 1.165) is 39.1 Å². The molecule has 3 nitrogen and oxygen atoms in total. The second-order valence-electron chi connectivity index (χ2n) is 4.97. The van der Waals surface area contributed by atoms with Gasteiger partial charge in [-0.1, -0.05) is 13.8 Å². The van der Waals surface area contributed by atoms with Crippen molar-refractivity contribution >= 4 is 5.91 Å². The molecule has 0 atom stereocenters. The minimum atomic E-state index is 0.140. The first kappa shape index (κ1) is 9.97. The van der Waals surface area contributed by atoms with Crippen molar-refractivity contribution in [1.29, 1.82) is 0 Å². The zero-order valence-corrected chi connectivity index (χ0v) is 9.08. The fraction of sp³-hybridized carbons (Fsp3) is 0.909. The lowest BCUT2D eigenvalue weighted by Crippen LogP contribution is -2.52. The van der Waals surface area contributed by atoms with Crippen LogP contribution in [-0.4, -0.2) is 37.1 Å². The van der Waals surface area contributed by atoms with Crippen molar-refractivity contribution in [2.75, 3.05) is 26.3 Å². The number of carbonyl (C=O) groups is 1. The lowest BCUT2D eigenvalue weighted by atomic mass is 9.76. The summed E-state index contributed by atoms with van der Waals surface area (Å²) in [6, 6.07) is 0. The van der Waals surface area contributed by atoms with Crippen LogP contribution in [0.25, 0.3) is 0 Å². The van der Waals surface area contributed by atoms with E-state index in [1.165, 1.54) is 0 Å². The third-order valence-electron chi connectivity index (χ3n) is 3.45. The van der Waals surface area contributed by atoms with Gasteiger partial charge in [0.25, 0.3) is 0 Å². The summed E-state index contributed by atoms with van der Waals surface area (Å²) in [6.45, 7) is 7.63. The van der Waals surface area contributed by atoms with Crippen molar-refractivity contribution in [2.45, 2.75) is 26.7 Å². The van der Waals surface area contributed by atoms with Gasteiger partial charge in [-0.15, -0.1) is 0 Å². The smallest absolute Gasteiger partial charge is 0.225 e. The Morgan fingerprint density at radius 2 is 1.86 bits per heavy atom. The van der Waals surface area contributed by atoms with Crippen LogP contribution in [0.15, 0.2) is 0 Å². The maximum Gasteiger partial charge on any atom is 0.225 e. The van der Waals surface area contributed by atoms with Crippen molar-refractivity contribution in [1.82, 2.24) is 4.90 Å². The lowest BCUT2D eigenvalue weighted by molar-refractivity contribution is -0.154. The summed E-state index contributed by atoms with van der Waals surface area (Å²) < 4.78 is 5.26. The first-order chi connectivity index (χ1) is 6.63. The van der Waals surface area contributed by atoms with E-state index in [0.29, 0.717) is 11.3 Å².